The lowest BCUT2D eigenvalue weighted by molar-refractivity contribution is 0.131. The van der Waals surface area contributed by atoms with Crippen molar-refractivity contribution in [3.63, 3.8) is 0 Å². The van der Waals surface area contributed by atoms with Crippen LogP contribution >= 0.6 is 0 Å². The van der Waals surface area contributed by atoms with Gasteiger partial charge in [-0.25, -0.2) is 4.79 Å². The Kier molecular flexibility index (Phi) is 4.98. The topological polar surface area (TPSA) is 62.1 Å². The lowest BCUT2D eigenvalue weighted by atomic mass is 9.98. The molecule has 1 saturated heterocycles. The number of amides is 1. The van der Waals surface area contributed by atoms with E-state index in [9.17, 15) is 4.79 Å². The number of carboxylic acid groups (broad SMARTS) is 1. The number of carbonyl (C=O) groups is 1. The fraction of sp³-hybridized carbons (Fsp3) is 0.467. The highest BCUT2D eigenvalue weighted by Gasteiger charge is 2.20. The van der Waals surface area contributed by atoms with Crippen LogP contribution in [0.3, 0.4) is 0 Å². The van der Waals surface area contributed by atoms with Crippen molar-refractivity contribution in [3.05, 3.63) is 29.8 Å². The van der Waals surface area contributed by atoms with Gasteiger partial charge in [-0.15, -0.1) is 0 Å². The van der Waals surface area contributed by atoms with Crippen molar-refractivity contribution in [3.8, 4) is 5.75 Å². The molecular formula is C15H20N2O3. The Labute approximate surface area is 118 Å². The van der Waals surface area contributed by atoms with Gasteiger partial charge >= 0.3 is 6.09 Å². The van der Waals surface area contributed by atoms with Crippen LogP contribution in [-0.4, -0.2) is 42.5 Å². The summed E-state index contributed by atoms with van der Waals surface area (Å²) in [5.74, 6) is 1.24. The molecule has 0 unspecified atom stereocenters. The summed E-state index contributed by atoms with van der Waals surface area (Å²) in [6.07, 6.45) is 2.87. The summed E-state index contributed by atoms with van der Waals surface area (Å²) < 4.78 is 5.11. The Hall–Kier alpha value is -2.04. The van der Waals surface area contributed by atoms with Crippen LogP contribution < -0.4 is 4.74 Å². The molecule has 1 heterocycles. The fourth-order valence-electron chi connectivity index (χ4n) is 2.28. The molecule has 20 heavy (non-hydrogen) atoms. The zero-order chi connectivity index (χ0) is 14.4. The number of hydrogen-bond donors (Lipinski definition) is 1. The minimum atomic E-state index is -0.821. The number of rotatable bonds is 4. The minimum absolute atomic E-state index is 0.392. The molecule has 0 atom stereocenters. The van der Waals surface area contributed by atoms with Crippen LogP contribution in [0.2, 0.25) is 0 Å². The van der Waals surface area contributed by atoms with Crippen LogP contribution in [0.25, 0.3) is 0 Å². The van der Waals surface area contributed by atoms with Crippen LogP contribution in [0.1, 0.15) is 18.4 Å². The van der Waals surface area contributed by atoms with E-state index in [0.717, 1.165) is 24.2 Å². The Morgan fingerprint density at radius 1 is 1.40 bits per heavy atom. The van der Waals surface area contributed by atoms with Gasteiger partial charge in [0.05, 0.1) is 13.7 Å². The quantitative estimate of drug-likeness (QED) is 0.860. The smallest absolute Gasteiger partial charge is 0.407 e. The van der Waals surface area contributed by atoms with Crippen LogP contribution in [0.5, 0.6) is 5.75 Å². The second-order valence-corrected chi connectivity index (χ2v) is 4.94. The maximum atomic E-state index is 10.8. The van der Waals surface area contributed by atoms with Crippen molar-refractivity contribution in [1.29, 1.82) is 0 Å². The van der Waals surface area contributed by atoms with E-state index in [1.807, 2.05) is 30.5 Å². The highest BCUT2D eigenvalue weighted by molar-refractivity contribution is 5.66. The molecule has 0 bridgehead atoms. The van der Waals surface area contributed by atoms with Crippen LogP contribution in [0.4, 0.5) is 4.79 Å². The highest BCUT2D eigenvalue weighted by atomic mass is 16.5. The summed E-state index contributed by atoms with van der Waals surface area (Å²) in [5, 5.41) is 8.87. The molecule has 1 aromatic carbocycles. The summed E-state index contributed by atoms with van der Waals surface area (Å²) in [4.78, 5) is 16.7. The van der Waals surface area contributed by atoms with E-state index in [0.29, 0.717) is 25.6 Å². The van der Waals surface area contributed by atoms with Crippen molar-refractivity contribution >= 4 is 12.3 Å². The number of nitrogens with zero attached hydrogens (tertiary/aromatic N) is 2. The Morgan fingerprint density at radius 2 is 2.05 bits per heavy atom. The van der Waals surface area contributed by atoms with E-state index in [4.69, 9.17) is 9.84 Å². The van der Waals surface area contributed by atoms with Crippen molar-refractivity contribution < 1.29 is 14.6 Å². The van der Waals surface area contributed by atoms with E-state index in [1.54, 1.807) is 7.11 Å². The standard InChI is InChI=1S/C15H20N2O3/c1-20-14-4-2-12(3-5-14)10-16-11-13-6-8-17(9-7-13)15(18)19/h2-5,11,13H,6-10H2,1H3,(H,18,19). The molecule has 5 heteroatoms. The predicted octanol–water partition coefficient (Wildman–Crippen LogP) is 2.66. The van der Waals surface area contributed by atoms with Crippen molar-refractivity contribution in [2.24, 2.45) is 10.9 Å². The van der Waals surface area contributed by atoms with Gasteiger partial charge in [0, 0.05) is 19.3 Å². The zero-order valence-electron chi connectivity index (χ0n) is 11.7. The Balaban J connectivity index is 1.77. The maximum absolute atomic E-state index is 10.8. The Bertz CT molecular complexity index is 463. The monoisotopic (exact) mass is 276 g/mol. The molecule has 0 spiro atoms. The van der Waals surface area contributed by atoms with Crippen molar-refractivity contribution in [2.45, 2.75) is 19.4 Å². The molecule has 1 amide bonds. The van der Waals surface area contributed by atoms with Crippen molar-refractivity contribution in [2.75, 3.05) is 20.2 Å². The highest BCUT2D eigenvalue weighted by Crippen LogP contribution is 2.16. The number of likely N-dealkylation sites (tertiary alicyclic amines) is 1. The number of benzene rings is 1. The maximum Gasteiger partial charge on any atom is 0.407 e. The average molecular weight is 276 g/mol. The first-order valence-corrected chi connectivity index (χ1v) is 6.80. The van der Waals surface area contributed by atoms with E-state index < -0.39 is 6.09 Å². The third kappa shape index (κ3) is 3.98. The molecular weight excluding hydrogens is 256 g/mol. The molecule has 1 fully saturated rings. The third-order valence-electron chi connectivity index (χ3n) is 3.56. The second-order valence-electron chi connectivity index (χ2n) is 4.94. The first kappa shape index (κ1) is 14.4. The summed E-state index contributed by atoms with van der Waals surface area (Å²) in [6.45, 7) is 1.87. The molecule has 108 valence electrons. The van der Waals surface area contributed by atoms with Gasteiger partial charge in [0.2, 0.25) is 0 Å². The van der Waals surface area contributed by atoms with Crippen LogP contribution in [0.15, 0.2) is 29.3 Å². The molecule has 1 aliphatic rings. The fourth-order valence-corrected chi connectivity index (χ4v) is 2.28. The van der Waals surface area contributed by atoms with Crippen LogP contribution in [-0.2, 0) is 6.54 Å². The van der Waals surface area contributed by atoms with E-state index in [-0.39, 0.29) is 0 Å². The summed E-state index contributed by atoms with van der Waals surface area (Å²) in [6, 6.07) is 7.86. The lowest BCUT2D eigenvalue weighted by Crippen LogP contribution is -2.37. The van der Waals surface area contributed by atoms with Gasteiger partial charge in [0.15, 0.2) is 0 Å². The predicted molar refractivity (Wildman–Crippen MR) is 77.5 cm³/mol. The molecule has 0 radical (unpaired) electrons. The van der Waals surface area contributed by atoms with E-state index in [1.165, 1.54) is 4.90 Å². The first-order chi connectivity index (χ1) is 9.69. The zero-order valence-corrected chi connectivity index (χ0v) is 11.7. The van der Waals surface area contributed by atoms with Crippen LogP contribution in [0, 0.1) is 5.92 Å². The van der Waals surface area contributed by atoms with E-state index in [2.05, 4.69) is 4.99 Å². The SMILES string of the molecule is COc1ccc(CN=CC2CCN(C(=O)O)CC2)cc1. The normalized spacial score (nSPS) is 16.6. The number of piperidine rings is 1. The lowest BCUT2D eigenvalue weighted by Gasteiger charge is -2.27. The molecule has 1 aromatic rings. The second kappa shape index (κ2) is 6.93. The number of hydrogen-bond acceptors (Lipinski definition) is 3. The van der Waals surface area contributed by atoms with Gasteiger partial charge < -0.3 is 14.7 Å². The molecule has 5 nitrogen and oxygen atoms in total. The third-order valence-corrected chi connectivity index (χ3v) is 3.56. The van der Waals surface area contributed by atoms with Gasteiger partial charge in [0.1, 0.15) is 5.75 Å². The minimum Gasteiger partial charge on any atom is -0.497 e. The summed E-state index contributed by atoms with van der Waals surface area (Å²) in [7, 11) is 1.65. The van der Waals surface area contributed by atoms with Gasteiger partial charge in [-0.2, -0.15) is 0 Å². The van der Waals surface area contributed by atoms with E-state index >= 15 is 0 Å². The molecule has 0 aliphatic carbocycles. The molecule has 1 aliphatic heterocycles. The number of ether oxygens (including phenoxy) is 1. The van der Waals surface area contributed by atoms with Gasteiger partial charge in [0.25, 0.3) is 0 Å². The van der Waals surface area contributed by atoms with Crippen molar-refractivity contribution in [1.82, 2.24) is 4.90 Å². The van der Waals surface area contributed by atoms with Gasteiger partial charge in [-0.1, -0.05) is 12.1 Å². The first-order valence-electron chi connectivity index (χ1n) is 6.80. The number of aliphatic imine (C=N–C) groups is 1. The molecule has 0 saturated carbocycles. The largest absolute Gasteiger partial charge is 0.497 e. The summed E-state index contributed by atoms with van der Waals surface area (Å²) >= 11 is 0. The van der Waals surface area contributed by atoms with Gasteiger partial charge in [-0.05, 0) is 36.5 Å². The molecule has 1 N–H and O–H groups in total. The van der Waals surface area contributed by atoms with Gasteiger partial charge in [-0.3, -0.25) is 4.99 Å². The molecule has 0 aromatic heterocycles. The average Bonchev–Trinajstić information content (AvgIpc) is 2.48. The number of methoxy groups -OCH3 is 1. The molecule has 2 rings (SSSR count). The Morgan fingerprint density at radius 3 is 2.60 bits per heavy atom. The summed E-state index contributed by atoms with van der Waals surface area (Å²) in [5.41, 5.74) is 1.14.